The van der Waals surface area contributed by atoms with Crippen LogP contribution in [0, 0.1) is 10.1 Å². The Morgan fingerprint density at radius 1 is 1.12 bits per heavy atom. The molecular formula is C18H20ClN4O2+. The maximum absolute atomic E-state index is 10.7. The van der Waals surface area contributed by atoms with Gasteiger partial charge in [0.15, 0.2) is 0 Å². The lowest BCUT2D eigenvalue weighted by Crippen LogP contribution is -3.13. The molecule has 130 valence electrons. The molecule has 0 spiro atoms. The molecule has 7 heteroatoms. The van der Waals surface area contributed by atoms with Gasteiger partial charge in [0.25, 0.3) is 5.69 Å². The first kappa shape index (κ1) is 17.4. The third-order valence-electron chi connectivity index (χ3n) is 4.29. The van der Waals surface area contributed by atoms with Gasteiger partial charge in [0.2, 0.25) is 0 Å². The van der Waals surface area contributed by atoms with Crippen LogP contribution in [0.25, 0.3) is 0 Å². The zero-order valence-corrected chi connectivity index (χ0v) is 14.5. The van der Waals surface area contributed by atoms with E-state index in [1.54, 1.807) is 18.3 Å². The summed E-state index contributed by atoms with van der Waals surface area (Å²) in [6.07, 6.45) is 1.76. The summed E-state index contributed by atoms with van der Waals surface area (Å²) in [4.78, 5) is 11.8. The number of hydrogen-bond acceptors (Lipinski definition) is 4. The number of quaternary nitrogens is 1. The highest BCUT2D eigenvalue weighted by molar-refractivity contribution is 6.30. The van der Waals surface area contributed by atoms with E-state index in [-0.39, 0.29) is 5.69 Å². The van der Waals surface area contributed by atoms with Gasteiger partial charge in [0.1, 0.15) is 6.54 Å². The van der Waals surface area contributed by atoms with Crippen LogP contribution < -0.4 is 4.90 Å². The van der Waals surface area contributed by atoms with Gasteiger partial charge in [-0.15, -0.1) is 0 Å². The molecule has 3 rings (SSSR count). The molecule has 1 aliphatic rings. The average molecular weight is 360 g/mol. The Hall–Kier alpha value is -2.44. The van der Waals surface area contributed by atoms with Gasteiger partial charge in [-0.3, -0.25) is 15.1 Å². The molecule has 2 aromatic rings. The molecule has 1 saturated heterocycles. The first-order valence-electron chi connectivity index (χ1n) is 8.21. The molecule has 0 aromatic heterocycles. The Labute approximate surface area is 151 Å². The summed E-state index contributed by atoms with van der Waals surface area (Å²) in [5.74, 6) is 0. The van der Waals surface area contributed by atoms with Gasteiger partial charge in [-0.25, -0.2) is 0 Å². The van der Waals surface area contributed by atoms with E-state index in [0.717, 1.165) is 43.3 Å². The minimum absolute atomic E-state index is 0.0940. The first-order valence-corrected chi connectivity index (χ1v) is 8.59. The normalized spacial score (nSPS) is 15.6. The molecule has 25 heavy (non-hydrogen) atoms. The van der Waals surface area contributed by atoms with E-state index < -0.39 is 4.92 Å². The number of benzene rings is 2. The van der Waals surface area contributed by atoms with Gasteiger partial charge in [-0.2, -0.15) is 5.10 Å². The van der Waals surface area contributed by atoms with Crippen LogP contribution in [0.2, 0.25) is 5.02 Å². The smallest absolute Gasteiger partial charge is 0.269 e. The van der Waals surface area contributed by atoms with Crippen LogP contribution in [0.1, 0.15) is 11.1 Å². The lowest BCUT2D eigenvalue weighted by atomic mass is 10.2. The van der Waals surface area contributed by atoms with E-state index in [1.165, 1.54) is 22.6 Å². The number of nitrogens with one attached hydrogen (secondary N) is 1. The van der Waals surface area contributed by atoms with Crippen LogP contribution in [-0.4, -0.2) is 42.3 Å². The number of nitro groups is 1. The van der Waals surface area contributed by atoms with Crippen LogP contribution in [-0.2, 0) is 6.54 Å². The summed E-state index contributed by atoms with van der Waals surface area (Å²) in [7, 11) is 0. The quantitative estimate of drug-likeness (QED) is 0.504. The van der Waals surface area contributed by atoms with E-state index in [2.05, 4.69) is 17.2 Å². The highest BCUT2D eigenvalue weighted by Gasteiger charge is 2.18. The Balaban J connectivity index is 1.48. The Morgan fingerprint density at radius 3 is 2.36 bits per heavy atom. The fourth-order valence-electron chi connectivity index (χ4n) is 2.82. The van der Waals surface area contributed by atoms with Crippen molar-refractivity contribution in [3.8, 4) is 0 Å². The van der Waals surface area contributed by atoms with Gasteiger partial charge in [0, 0.05) is 22.7 Å². The van der Waals surface area contributed by atoms with E-state index >= 15 is 0 Å². The van der Waals surface area contributed by atoms with Crippen molar-refractivity contribution in [3.05, 3.63) is 74.8 Å². The highest BCUT2D eigenvalue weighted by atomic mass is 35.5. The Morgan fingerprint density at radius 2 is 1.76 bits per heavy atom. The third-order valence-corrected chi connectivity index (χ3v) is 4.54. The number of hydrazone groups is 1. The van der Waals surface area contributed by atoms with Crippen LogP contribution >= 0.6 is 11.6 Å². The topological polar surface area (TPSA) is 63.2 Å². The highest BCUT2D eigenvalue weighted by Crippen LogP contribution is 2.11. The third kappa shape index (κ3) is 5.01. The molecule has 2 aromatic carbocycles. The van der Waals surface area contributed by atoms with Gasteiger partial charge in [-0.05, 0) is 29.8 Å². The zero-order valence-electron chi connectivity index (χ0n) is 13.8. The predicted molar refractivity (Wildman–Crippen MR) is 98.1 cm³/mol. The standard InChI is InChI=1S/C18H19ClN4O2/c19-17-5-1-16(2-6-17)14-21-9-11-22(12-10-21)20-13-15-3-7-18(8-4-15)23(24)25/h1-8,13H,9-12,14H2/p+1/b20-13-. The SMILES string of the molecule is O=[N+]([O-])c1ccc(/C=N\N2CC[NH+](Cc3ccc(Cl)cc3)CC2)cc1. The zero-order chi connectivity index (χ0) is 17.6. The van der Waals surface area contributed by atoms with Gasteiger partial charge >= 0.3 is 0 Å². The number of non-ortho nitro benzene ring substituents is 1. The minimum Gasteiger partial charge on any atom is -0.328 e. The second-order valence-corrected chi connectivity index (χ2v) is 6.54. The van der Waals surface area contributed by atoms with Crippen LogP contribution in [0.4, 0.5) is 5.69 Å². The fraction of sp³-hybridized carbons (Fsp3) is 0.278. The fourth-order valence-corrected chi connectivity index (χ4v) is 2.95. The summed E-state index contributed by atoms with van der Waals surface area (Å²) >= 11 is 5.92. The summed E-state index contributed by atoms with van der Waals surface area (Å²) in [5.41, 5.74) is 2.25. The monoisotopic (exact) mass is 359 g/mol. The Kier molecular flexibility index (Phi) is 5.63. The Bertz CT molecular complexity index is 739. The minimum atomic E-state index is -0.399. The van der Waals surface area contributed by atoms with Crippen LogP contribution in [0.5, 0.6) is 0 Å². The molecule has 1 N–H and O–H groups in total. The van der Waals surface area contributed by atoms with Gasteiger partial charge in [0.05, 0.1) is 37.3 Å². The summed E-state index contributed by atoms with van der Waals surface area (Å²) < 4.78 is 0. The number of hydrogen-bond donors (Lipinski definition) is 1. The van der Waals surface area contributed by atoms with Crippen molar-refractivity contribution >= 4 is 23.5 Å². The number of nitro benzene ring substituents is 1. The van der Waals surface area contributed by atoms with Crippen molar-refractivity contribution in [1.82, 2.24) is 5.01 Å². The molecule has 0 unspecified atom stereocenters. The molecular weight excluding hydrogens is 340 g/mol. The maximum atomic E-state index is 10.7. The van der Waals surface area contributed by atoms with Crippen molar-refractivity contribution in [1.29, 1.82) is 0 Å². The van der Waals surface area contributed by atoms with E-state index in [4.69, 9.17) is 11.6 Å². The molecule has 0 aliphatic carbocycles. The second kappa shape index (κ2) is 8.09. The van der Waals surface area contributed by atoms with Gasteiger partial charge < -0.3 is 4.90 Å². The van der Waals surface area contributed by atoms with Crippen molar-refractivity contribution in [2.75, 3.05) is 26.2 Å². The van der Waals surface area contributed by atoms with Crippen molar-refractivity contribution in [2.24, 2.45) is 5.10 Å². The molecule has 0 atom stereocenters. The maximum Gasteiger partial charge on any atom is 0.269 e. The molecule has 0 amide bonds. The van der Waals surface area contributed by atoms with E-state index in [1.807, 2.05) is 17.1 Å². The van der Waals surface area contributed by atoms with E-state index in [0.29, 0.717) is 0 Å². The summed E-state index contributed by atoms with van der Waals surface area (Å²) in [5, 5.41) is 18.0. The average Bonchev–Trinajstić information content (AvgIpc) is 2.63. The van der Waals surface area contributed by atoms with Gasteiger partial charge in [-0.1, -0.05) is 23.7 Å². The molecule has 0 saturated carbocycles. The lowest BCUT2D eigenvalue weighted by Gasteiger charge is -2.30. The number of halogens is 1. The van der Waals surface area contributed by atoms with Crippen molar-refractivity contribution in [2.45, 2.75) is 6.54 Å². The van der Waals surface area contributed by atoms with Crippen LogP contribution in [0.3, 0.4) is 0 Å². The van der Waals surface area contributed by atoms with Crippen molar-refractivity contribution < 1.29 is 9.82 Å². The molecule has 1 aliphatic heterocycles. The van der Waals surface area contributed by atoms with E-state index in [9.17, 15) is 10.1 Å². The largest absolute Gasteiger partial charge is 0.328 e. The predicted octanol–water partition coefficient (Wildman–Crippen LogP) is 1.98. The summed E-state index contributed by atoms with van der Waals surface area (Å²) in [6.45, 7) is 4.84. The molecule has 1 heterocycles. The second-order valence-electron chi connectivity index (χ2n) is 6.10. The van der Waals surface area contributed by atoms with Crippen molar-refractivity contribution in [3.63, 3.8) is 0 Å². The first-order chi connectivity index (χ1) is 12.1. The molecule has 6 nitrogen and oxygen atoms in total. The lowest BCUT2D eigenvalue weighted by molar-refractivity contribution is -0.918. The summed E-state index contributed by atoms with van der Waals surface area (Å²) in [6, 6.07) is 14.4. The molecule has 0 bridgehead atoms. The molecule has 0 radical (unpaired) electrons. The number of nitrogens with zero attached hydrogens (tertiary/aromatic N) is 3. The molecule has 1 fully saturated rings. The number of rotatable bonds is 5. The van der Waals surface area contributed by atoms with Crippen LogP contribution in [0.15, 0.2) is 53.6 Å². The number of piperazine rings is 1.